The van der Waals surface area contributed by atoms with Gasteiger partial charge in [0.05, 0.1) is 24.0 Å². The zero-order valence-corrected chi connectivity index (χ0v) is 17.1. The van der Waals surface area contributed by atoms with E-state index in [0.717, 1.165) is 24.1 Å². The summed E-state index contributed by atoms with van der Waals surface area (Å²) in [5.74, 6) is 0.409. The number of hydrogen-bond acceptors (Lipinski definition) is 7. The van der Waals surface area contributed by atoms with Crippen LogP contribution in [0, 0.1) is 6.92 Å². The summed E-state index contributed by atoms with van der Waals surface area (Å²) in [5.41, 5.74) is 3.08. The van der Waals surface area contributed by atoms with Crippen molar-refractivity contribution < 1.29 is 5.11 Å². The van der Waals surface area contributed by atoms with Crippen molar-refractivity contribution in [2.75, 3.05) is 5.32 Å². The fourth-order valence-corrected chi connectivity index (χ4v) is 3.51. The quantitative estimate of drug-likeness (QED) is 0.381. The molecule has 10 heteroatoms. The van der Waals surface area contributed by atoms with Gasteiger partial charge in [-0.2, -0.15) is 9.61 Å². The number of anilines is 1. The van der Waals surface area contributed by atoms with E-state index in [1.807, 2.05) is 32.0 Å². The molecule has 4 aromatic heterocycles. The molecule has 0 aromatic carbocycles. The van der Waals surface area contributed by atoms with E-state index in [1.54, 1.807) is 23.0 Å². The average molecular weight is 418 g/mol. The van der Waals surface area contributed by atoms with Crippen LogP contribution in [0.2, 0.25) is 0 Å². The van der Waals surface area contributed by atoms with Crippen LogP contribution in [0.4, 0.5) is 5.82 Å². The molecule has 1 unspecified atom stereocenters. The van der Waals surface area contributed by atoms with Gasteiger partial charge in [0.2, 0.25) is 5.88 Å². The minimum absolute atomic E-state index is 0.0645. The number of aromatic nitrogens is 6. The van der Waals surface area contributed by atoms with Gasteiger partial charge in [-0.3, -0.25) is 15.0 Å². The van der Waals surface area contributed by atoms with Gasteiger partial charge in [-0.05, 0) is 44.4 Å². The molecule has 4 N–H and O–H groups in total. The molecule has 0 spiro atoms. The fourth-order valence-electron chi connectivity index (χ4n) is 3.51. The molecule has 1 atom stereocenters. The highest BCUT2D eigenvalue weighted by atomic mass is 16.3. The summed E-state index contributed by atoms with van der Waals surface area (Å²) in [4.78, 5) is 30.3. The minimum atomic E-state index is -0.487. The van der Waals surface area contributed by atoms with E-state index < -0.39 is 5.69 Å². The number of imidazole rings is 1. The topological polar surface area (TPSA) is 136 Å². The summed E-state index contributed by atoms with van der Waals surface area (Å²) >= 11 is 0. The lowest BCUT2D eigenvalue weighted by Crippen LogP contribution is -2.21. The lowest BCUT2D eigenvalue weighted by molar-refractivity contribution is 0.454. The molecule has 4 heterocycles. The first-order valence-electron chi connectivity index (χ1n) is 10.1. The van der Waals surface area contributed by atoms with Crippen LogP contribution in [0.25, 0.3) is 11.7 Å². The Balaban J connectivity index is 1.63. The predicted octanol–water partition coefficient (Wildman–Crippen LogP) is 0.939. The van der Waals surface area contributed by atoms with Crippen molar-refractivity contribution in [2.24, 2.45) is 4.99 Å². The number of rotatable bonds is 5. The van der Waals surface area contributed by atoms with E-state index in [2.05, 4.69) is 25.4 Å². The van der Waals surface area contributed by atoms with Gasteiger partial charge in [0.25, 0.3) is 0 Å². The summed E-state index contributed by atoms with van der Waals surface area (Å²) in [6.45, 7) is 4.06. The molecule has 1 aliphatic carbocycles. The van der Waals surface area contributed by atoms with Gasteiger partial charge in [-0.25, -0.2) is 9.78 Å². The Hall–Kier alpha value is -3.95. The van der Waals surface area contributed by atoms with Crippen molar-refractivity contribution >= 4 is 17.5 Å². The number of aromatic hydroxyl groups is 1. The smallest absolute Gasteiger partial charge is 0.326 e. The zero-order valence-electron chi connectivity index (χ0n) is 17.1. The Morgan fingerprint density at radius 3 is 2.94 bits per heavy atom. The second kappa shape index (κ2) is 7.38. The van der Waals surface area contributed by atoms with Crippen LogP contribution < -0.4 is 21.7 Å². The van der Waals surface area contributed by atoms with Gasteiger partial charge in [-0.15, -0.1) is 0 Å². The highest BCUT2D eigenvalue weighted by Gasteiger charge is 2.20. The third-order valence-electron chi connectivity index (χ3n) is 5.20. The maximum absolute atomic E-state index is 11.5. The molecule has 1 aliphatic rings. The van der Waals surface area contributed by atoms with Gasteiger partial charge in [0.15, 0.2) is 11.1 Å². The number of fused-ring (bicyclic) bond motifs is 1. The van der Waals surface area contributed by atoms with Crippen LogP contribution >= 0.6 is 0 Å². The number of aryl methyl sites for hydroxylation is 1. The zero-order chi connectivity index (χ0) is 21.5. The molecular formula is C21H22N8O2. The summed E-state index contributed by atoms with van der Waals surface area (Å²) in [7, 11) is 0. The molecule has 0 bridgehead atoms. The van der Waals surface area contributed by atoms with Crippen molar-refractivity contribution in [1.82, 2.24) is 29.5 Å². The van der Waals surface area contributed by atoms with E-state index in [1.165, 1.54) is 0 Å². The third kappa shape index (κ3) is 3.79. The molecule has 0 aliphatic heterocycles. The van der Waals surface area contributed by atoms with Gasteiger partial charge in [-0.1, -0.05) is 6.07 Å². The molecular weight excluding hydrogens is 396 g/mol. The number of pyridine rings is 1. The summed E-state index contributed by atoms with van der Waals surface area (Å²) < 4.78 is 1.67. The third-order valence-corrected chi connectivity index (χ3v) is 5.20. The van der Waals surface area contributed by atoms with Gasteiger partial charge in [0.1, 0.15) is 11.5 Å². The summed E-state index contributed by atoms with van der Waals surface area (Å²) in [6, 6.07) is 6.06. The number of aromatic amines is 2. The Bertz CT molecular complexity index is 1440. The number of nitrogens with one attached hydrogen (secondary N) is 3. The molecule has 5 rings (SSSR count). The Kier molecular flexibility index (Phi) is 4.54. The second-order valence-corrected chi connectivity index (χ2v) is 7.75. The van der Waals surface area contributed by atoms with Crippen molar-refractivity contribution in [2.45, 2.75) is 38.8 Å². The molecule has 0 amide bonds. The fraction of sp³-hybridized carbons (Fsp3) is 0.286. The number of hydrogen-bond donors (Lipinski definition) is 4. The summed E-state index contributed by atoms with van der Waals surface area (Å²) in [6.07, 6.45) is 7.16. The average Bonchev–Trinajstić information content (AvgIpc) is 3.37. The summed E-state index contributed by atoms with van der Waals surface area (Å²) in [5, 5.41) is 18.4. The molecule has 0 saturated heterocycles. The standard InChI is InChI=1S/C21H22N8O2/c1-11-4-3-7-22-18(11)12(2)24-16-9-17(25-14-5-6-14)29-19(27-16)13(10-23-29)8-15-20(30)28-21(31)26-15/h3-4,7-10,12,14,24,30H,5-6H2,1-2H3,(H2,26,28,31)/b13-8-,25-17?. The van der Waals surface area contributed by atoms with Crippen molar-refractivity contribution in [3.8, 4) is 5.88 Å². The van der Waals surface area contributed by atoms with Crippen LogP contribution in [0.5, 0.6) is 5.88 Å². The largest absolute Gasteiger partial charge is 0.493 e. The molecule has 1 saturated carbocycles. The van der Waals surface area contributed by atoms with E-state index in [9.17, 15) is 9.90 Å². The monoisotopic (exact) mass is 418 g/mol. The highest BCUT2D eigenvalue weighted by molar-refractivity contribution is 5.58. The van der Waals surface area contributed by atoms with Crippen LogP contribution in [0.1, 0.15) is 42.8 Å². The Morgan fingerprint density at radius 1 is 1.39 bits per heavy atom. The van der Waals surface area contributed by atoms with E-state index in [4.69, 9.17) is 9.98 Å². The lowest BCUT2D eigenvalue weighted by atomic mass is 10.1. The molecule has 158 valence electrons. The normalized spacial score (nSPS) is 16.2. The first-order valence-corrected chi connectivity index (χ1v) is 10.1. The van der Waals surface area contributed by atoms with Crippen LogP contribution in [-0.2, 0) is 0 Å². The van der Waals surface area contributed by atoms with E-state index in [0.29, 0.717) is 28.2 Å². The maximum Gasteiger partial charge on any atom is 0.326 e. The van der Waals surface area contributed by atoms with Gasteiger partial charge in [0, 0.05) is 17.5 Å². The molecule has 0 radical (unpaired) electrons. The maximum atomic E-state index is 11.5. The second-order valence-electron chi connectivity index (χ2n) is 7.75. The molecule has 4 aromatic rings. The predicted molar refractivity (Wildman–Crippen MR) is 114 cm³/mol. The van der Waals surface area contributed by atoms with Crippen LogP contribution in [0.15, 0.2) is 40.4 Å². The highest BCUT2D eigenvalue weighted by Crippen LogP contribution is 2.23. The first kappa shape index (κ1) is 19.0. The van der Waals surface area contributed by atoms with Crippen LogP contribution in [-0.4, -0.2) is 40.7 Å². The molecule has 31 heavy (non-hydrogen) atoms. The first-order chi connectivity index (χ1) is 15.0. The molecule has 1 fully saturated rings. The van der Waals surface area contributed by atoms with E-state index in [-0.39, 0.29) is 17.6 Å². The minimum Gasteiger partial charge on any atom is -0.493 e. The Morgan fingerprint density at radius 2 is 2.23 bits per heavy atom. The van der Waals surface area contributed by atoms with Crippen molar-refractivity contribution in [1.29, 1.82) is 0 Å². The Labute approximate surface area is 176 Å². The van der Waals surface area contributed by atoms with E-state index >= 15 is 0 Å². The van der Waals surface area contributed by atoms with Crippen molar-refractivity contribution in [3.05, 3.63) is 68.7 Å². The van der Waals surface area contributed by atoms with Crippen molar-refractivity contribution in [3.63, 3.8) is 0 Å². The van der Waals surface area contributed by atoms with Gasteiger partial charge < -0.3 is 15.4 Å². The lowest BCUT2D eigenvalue weighted by Gasteiger charge is -2.16. The number of nitrogens with zero attached hydrogens (tertiary/aromatic N) is 5. The number of H-pyrrole nitrogens is 2. The van der Waals surface area contributed by atoms with Crippen LogP contribution in [0.3, 0.4) is 0 Å². The van der Waals surface area contributed by atoms with Gasteiger partial charge >= 0.3 is 5.69 Å². The SMILES string of the molecule is Cc1cccnc1C(C)Nc1cc(=NC2CC2)n2nc/c(=C/c3[nH]c(=O)[nH]c3O)c2n1. The molecule has 10 nitrogen and oxygen atoms in total.